The number of amides is 2. The van der Waals surface area contributed by atoms with Gasteiger partial charge in [-0.05, 0) is 54.8 Å². The lowest BCUT2D eigenvalue weighted by atomic mass is 10.0. The molecule has 8 heteroatoms. The predicted molar refractivity (Wildman–Crippen MR) is 115 cm³/mol. The van der Waals surface area contributed by atoms with Gasteiger partial charge >= 0.3 is 0 Å². The van der Waals surface area contributed by atoms with E-state index in [0.29, 0.717) is 60.0 Å². The Morgan fingerprint density at radius 1 is 0.900 bits per heavy atom. The highest BCUT2D eigenvalue weighted by Gasteiger charge is 2.28. The zero-order valence-electron chi connectivity index (χ0n) is 17.6. The number of hydrogen-bond acceptors (Lipinski definition) is 6. The number of benzene rings is 2. The second-order valence-electron chi connectivity index (χ2n) is 7.52. The molecular formula is C22H28N4O4. The van der Waals surface area contributed by atoms with Gasteiger partial charge in [0.25, 0.3) is 11.8 Å². The van der Waals surface area contributed by atoms with Crippen LogP contribution in [0.2, 0.25) is 0 Å². The van der Waals surface area contributed by atoms with Crippen molar-refractivity contribution in [3.63, 3.8) is 0 Å². The smallest absolute Gasteiger partial charge is 0.256 e. The molecule has 1 fully saturated rings. The first kappa shape index (κ1) is 21.4. The molecule has 5 N–H and O–H groups in total. The molecule has 1 heterocycles. The molecule has 0 aromatic heterocycles. The van der Waals surface area contributed by atoms with Crippen molar-refractivity contribution in [3.05, 3.63) is 52.1 Å². The Bertz CT molecular complexity index is 902. The van der Waals surface area contributed by atoms with Crippen molar-refractivity contribution in [2.45, 2.75) is 20.5 Å². The predicted octanol–water partition coefficient (Wildman–Crippen LogP) is 1.57. The minimum atomic E-state index is -0.203. The highest BCUT2D eigenvalue weighted by molar-refractivity contribution is 6.01. The molecule has 0 aliphatic carbocycles. The summed E-state index contributed by atoms with van der Waals surface area (Å²) >= 11 is 0. The third-order valence-electron chi connectivity index (χ3n) is 5.56. The van der Waals surface area contributed by atoms with Gasteiger partial charge < -0.3 is 31.1 Å². The van der Waals surface area contributed by atoms with Crippen molar-refractivity contribution in [1.82, 2.24) is 9.80 Å². The second-order valence-corrected chi connectivity index (χ2v) is 7.52. The number of hydrogen-bond donors (Lipinski definition) is 3. The number of methoxy groups -OCH3 is 1. The van der Waals surface area contributed by atoms with E-state index in [2.05, 4.69) is 0 Å². The molecule has 0 unspecified atom stereocenters. The molecule has 0 spiro atoms. The van der Waals surface area contributed by atoms with Gasteiger partial charge in [-0.15, -0.1) is 0 Å². The van der Waals surface area contributed by atoms with Crippen LogP contribution in [0, 0.1) is 13.8 Å². The van der Waals surface area contributed by atoms with Gasteiger partial charge in [0.1, 0.15) is 5.75 Å². The third kappa shape index (κ3) is 4.04. The molecular weight excluding hydrogens is 384 g/mol. The quantitative estimate of drug-likeness (QED) is 0.655. The summed E-state index contributed by atoms with van der Waals surface area (Å²) in [6.07, 6.45) is 0. The molecule has 2 aromatic carbocycles. The summed E-state index contributed by atoms with van der Waals surface area (Å²) in [5.74, 6) is 0.219. The molecule has 30 heavy (non-hydrogen) atoms. The minimum Gasteiger partial charge on any atom is -0.496 e. The number of ether oxygens (including phenoxy) is 1. The number of nitrogens with zero attached hydrogens (tertiary/aromatic N) is 2. The fourth-order valence-electron chi connectivity index (χ4n) is 3.70. The van der Waals surface area contributed by atoms with Gasteiger partial charge in [0.15, 0.2) is 0 Å². The van der Waals surface area contributed by atoms with Crippen LogP contribution >= 0.6 is 0 Å². The summed E-state index contributed by atoms with van der Waals surface area (Å²) in [7, 11) is 1.55. The van der Waals surface area contributed by atoms with Crippen LogP contribution in [0.3, 0.4) is 0 Å². The topological polar surface area (TPSA) is 122 Å². The summed E-state index contributed by atoms with van der Waals surface area (Å²) in [5, 5.41) is 9.48. The lowest BCUT2D eigenvalue weighted by Crippen LogP contribution is -2.50. The normalized spacial score (nSPS) is 14.0. The number of aliphatic hydroxyl groups excluding tert-OH is 1. The van der Waals surface area contributed by atoms with Crippen LogP contribution in [0.1, 0.15) is 37.4 Å². The fraction of sp³-hybridized carbons (Fsp3) is 0.364. The summed E-state index contributed by atoms with van der Waals surface area (Å²) in [5.41, 5.74) is 16.0. The molecule has 1 aliphatic heterocycles. The van der Waals surface area contributed by atoms with Crippen LogP contribution in [0.25, 0.3) is 0 Å². The van der Waals surface area contributed by atoms with Crippen LogP contribution in [-0.4, -0.2) is 60.0 Å². The maximum absolute atomic E-state index is 13.0. The summed E-state index contributed by atoms with van der Waals surface area (Å²) in [6, 6.07) is 6.73. The molecule has 8 nitrogen and oxygen atoms in total. The van der Waals surface area contributed by atoms with E-state index in [1.165, 1.54) is 0 Å². The first-order valence-electron chi connectivity index (χ1n) is 9.79. The average Bonchev–Trinajstić information content (AvgIpc) is 2.73. The Labute approximate surface area is 176 Å². The standard InChI is InChI=1S/C22H28N4O4/c1-13-8-18(23)16(10-15(13)12-27)21(28)25-4-6-26(7-5-25)22(29)17-11-20(30-3)14(2)9-19(17)24/h8-11,27H,4-7,12,23-24H2,1-3H3. The summed E-state index contributed by atoms with van der Waals surface area (Å²) < 4.78 is 5.31. The molecule has 0 bridgehead atoms. The highest BCUT2D eigenvalue weighted by atomic mass is 16.5. The van der Waals surface area contributed by atoms with E-state index in [0.717, 1.165) is 11.1 Å². The van der Waals surface area contributed by atoms with E-state index in [1.54, 1.807) is 41.2 Å². The van der Waals surface area contributed by atoms with Crippen molar-refractivity contribution in [2.24, 2.45) is 0 Å². The number of aliphatic hydroxyl groups is 1. The first-order chi connectivity index (χ1) is 14.3. The number of aryl methyl sites for hydroxylation is 2. The molecule has 0 radical (unpaired) electrons. The largest absolute Gasteiger partial charge is 0.496 e. The zero-order chi connectivity index (χ0) is 22.0. The lowest BCUT2D eigenvalue weighted by molar-refractivity contribution is 0.0536. The molecule has 3 rings (SSSR count). The van der Waals surface area contributed by atoms with E-state index in [1.807, 2.05) is 13.8 Å². The maximum atomic E-state index is 13.0. The SMILES string of the molecule is COc1cc(C(=O)N2CCN(C(=O)c3cc(CO)c(C)cc3N)CC2)c(N)cc1C. The zero-order valence-corrected chi connectivity index (χ0v) is 17.6. The number of nitrogens with two attached hydrogens (primary N) is 2. The first-order valence-corrected chi connectivity index (χ1v) is 9.79. The van der Waals surface area contributed by atoms with E-state index in [-0.39, 0.29) is 18.4 Å². The van der Waals surface area contributed by atoms with E-state index < -0.39 is 0 Å². The van der Waals surface area contributed by atoms with Crippen LogP contribution in [-0.2, 0) is 6.61 Å². The number of carbonyl (C=O) groups excluding carboxylic acids is 2. The lowest BCUT2D eigenvalue weighted by Gasteiger charge is -2.35. The van der Waals surface area contributed by atoms with Crippen molar-refractivity contribution in [1.29, 1.82) is 0 Å². The van der Waals surface area contributed by atoms with Gasteiger partial charge in [0.05, 0.1) is 24.8 Å². The van der Waals surface area contributed by atoms with Crippen molar-refractivity contribution in [2.75, 3.05) is 44.8 Å². The van der Waals surface area contributed by atoms with Crippen molar-refractivity contribution in [3.8, 4) is 5.75 Å². The fourth-order valence-corrected chi connectivity index (χ4v) is 3.70. The van der Waals surface area contributed by atoms with Gasteiger partial charge in [-0.3, -0.25) is 9.59 Å². The molecule has 160 valence electrons. The monoisotopic (exact) mass is 412 g/mol. The van der Waals surface area contributed by atoms with Gasteiger partial charge in [0.2, 0.25) is 0 Å². The van der Waals surface area contributed by atoms with Gasteiger partial charge in [-0.25, -0.2) is 0 Å². The van der Waals surface area contributed by atoms with Gasteiger partial charge in [0, 0.05) is 37.6 Å². The van der Waals surface area contributed by atoms with Gasteiger partial charge in [-0.1, -0.05) is 0 Å². The number of carbonyl (C=O) groups is 2. The van der Waals surface area contributed by atoms with E-state index >= 15 is 0 Å². The number of nitrogen functional groups attached to an aromatic ring is 2. The Morgan fingerprint density at radius 2 is 1.37 bits per heavy atom. The third-order valence-corrected chi connectivity index (χ3v) is 5.56. The molecule has 2 aromatic rings. The number of piperazine rings is 1. The van der Waals surface area contributed by atoms with Crippen molar-refractivity contribution < 1.29 is 19.4 Å². The molecule has 2 amide bonds. The Morgan fingerprint density at radius 3 is 1.83 bits per heavy atom. The number of anilines is 2. The highest BCUT2D eigenvalue weighted by Crippen LogP contribution is 2.26. The number of rotatable bonds is 4. The maximum Gasteiger partial charge on any atom is 0.256 e. The van der Waals surface area contributed by atoms with E-state index in [4.69, 9.17) is 16.2 Å². The summed E-state index contributed by atoms with van der Waals surface area (Å²) in [4.78, 5) is 29.3. The minimum absolute atomic E-state index is 0.157. The van der Waals surface area contributed by atoms with E-state index in [9.17, 15) is 14.7 Å². The molecule has 1 aliphatic rings. The second kappa shape index (κ2) is 8.62. The Kier molecular flexibility index (Phi) is 6.17. The van der Waals surface area contributed by atoms with Crippen LogP contribution in [0.5, 0.6) is 5.75 Å². The molecule has 0 atom stereocenters. The Balaban J connectivity index is 1.72. The van der Waals surface area contributed by atoms with Crippen LogP contribution in [0.15, 0.2) is 24.3 Å². The van der Waals surface area contributed by atoms with Gasteiger partial charge in [-0.2, -0.15) is 0 Å². The summed E-state index contributed by atoms with van der Waals surface area (Å²) in [6.45, 7) is 5.09. The average molecular weight is 412 g/mol. The van der Waals surface area contributed by atoms with Crippen LogP contribution < -0.4 is 16.2 Å². The van der Waals surface area contributed by atoms with Crippen LogP contribution in [0.4, 0.5) is 11.4 Å². The molecule has 0 saturated carbocycles. The Hall–Kier alpha value is -3.26. The van der Waals surface area contributed by atoms with Crippen molar-refractivity contribution >= 4 is 23.2 Å². The molecule has 1 saturated heterocycles.